The minimum Gasteiger partial charge on any atom is -0.264 e. The van der Waals surface area contributed by atoms with Crippen LogP contribution in [0.25, 0.3) is 124 Å². The number of hydrogen-bond donors (Lipinski definition) is 0. The normalized spacial score (nSPS) is 11.1. The van der Waals surface area contributed by atoms with Crippen molar-refractivity contribution in [3.05, 3.63) is 237 Å². The third-order valence-electron chi connectivity index (χ3n) is 12.0. The van der Waals surface area contributed by atoms with Gasteiger partial charge in [-0.1, -0.05) is 48.5 Å². The van der Waals surface area contributed by atoms with E-state index in [-0.39, 0.29) is 0 Å². The van der Waals surface area contributed by atoms with Crippen molar-refractivity contribution >= 4 is 0 Å². The quantitative estimate of drug-likeness (QED) is 0.122. The zero-order chi connectivity index (χ0) is 48.1. The minimum atomic E-state index is 0.718. The Hall–Kier alpha value is -10.1. The molecule has 11 heterocycles. The smallest absolute Gasteiger partial charge is 0.0894 e. The SMILES string of the molecule is c1cncc(-c2cccc(-c3cccc(-c4cc(-c5cccc(-c6cccc(-c7cccc(-c8cccnc8)n7)n6)n5)cc(-c5cccc(-c6cccc(-c7cccc(-c8cccnc8)n7)n6)n5)c4)n3)n2)c1. The van der Waals surface area contributed by atoms with Gasteiger partial charge >= 0.3 is 0 Å². The van der Waals surface area contributed by atoms with E-state index >= 15 is 0 Å². The molecule has 0 aliphatic carbocycles. The third-order valence-corrected chi connectivity index (χ3v) is 12.0. The molecule has 338 valence electrons. The predicted molar refractivity (Wildman–Crippen MR) is 282 cm³/mol. The first-order valence-electron chi connectivity index (χ1n) is 23.3. The molecular formula is C61H39N11. The Kier molecular flexibility index (Phi) is 11.7. The lowest BCUT2D eigenvalue weighted by molar-refractivity contribution is 1.21. The summed E-state index contributed by atoms with van der Waals surface area (Å²) in [4.78, 5) is 53.6. The first-order valence-corrected chi connectivity index (χ1v) is 23.3. The average molecular weight is 926 g/mol. The number of hydrogen-bond acceptors (Lipinski definition) is 11. The second kappa shape index (κ2) is 19.5. The summed E-state index contributed by atoms with van der Waals surface area (Å²) in [6.45, 7) is 0. The summed E-state index contributed by atoms with van der Waals surface area (Å²) < 4.78 is 0. The fraction of sp³-hybridized carbons (Fsp3) is 0. The molecule has 0 aliphatic rings. The van der Waals surface area contributed by atoms with Crippen LogP contribution in [0.4, 0.5) is 0 Å². The molecule has 12 aromatic rings. The van der Waals surface area contributed by atoms with Crippen LogP contribution in [0.5, 0.6) is 0 Å². The summed E-state index contributed by atoms with van der Waals surface area (Å²) in [5.41, 5.74) is 17.5. The van der Waals surface area contributed by atoms with Crippen molar-refractivity contribution in [1.29, 1.82) is 0 Å². The van der Waals surface area contributed by atoms with Crippen LogP contribution in [0.1, 0.15) is 0 Å². The van der Waals surface area contributed by atoms with Gasteiger partial charge in [0.15, 0.2) is 0 Å². The van der Waals surface area contributed by atoms with E-state index in [4.69, 9.17) is 39.9 Å². The van der Waals surface area contributed by atoms with Crippen molar-refractivity contribution < 1.29 is 0 Å². The predicted octanol–water partition coefficient (Wildman–Crippen LogP) is 13.4. The zero-order valence-electron chi connectivity index (χ0n) is 38.4. The molecule has 0 atom stereocenters. The second-order valence-electron chi connectivity index (χ2n) is 16.8. The van der Waals surface area contributed by atoms with Gasteiger partial charge in [-0.05, 0) is 152 Å². The van der Waals surface area contributed by atoms with Crippen LogP contribution in [0.3, 0.4) is 0 Å². The van der Waals surface area contributed by atoms with Gasteiger partial charge in [-0.25, -0.2) is 39.9 Å². The summed E-state index contributed by atoms with van der Waals surface area (Å²) in [5, 5.41) is 0. The molecule has 0 unspecified atom stereocenters. The lowest BCUT2D eigenvalue weighted by Crippen LogP contribution is -1.96. The Morgan fingerprint density at radius 3 is 0.542 bits per heavy atom. The van der Waals surface area contributed by atoms with Crippen molar-refractivity contribution in [3.8, 4) is 124 Å². The summed E-state index contributed by atoms with van der Waals surface area (Å²) in [6.07, 6.45) is 10.7. The standard InChI is InChI=1S/C61H39N11/c1-15-46(40-12-9-31-62-37-40)65-52(21-1)53-24-4-18-49(68-53)43-34-44(50-19-5-25-56(69-50)60-29-7-27-58(71-60)54-22-2-16-47(66-54)41-13-10-32-63-38-41)36-45(35-43)51-20-6-26-57(70-51)61-30-8-28-59(72-61)55-23-3-17-48(67-55)42-14-11-33-64-39-42/h1-39H. The molecule has 0 radical (unpaired) electrons. The first-order chi connectivity index (χ1) is 35.6. The molecule has 1 aromatic carbocycles. The Balaban J connectivity index is 0.930. The first kappa shape index (κ1) is 43.2. The van der Waals surface area contributed by atoms with Crippen LogP contribution in [0.15, 0.2) is 237 Å². The van der Waals surface area contributed by atoms with Crippen molar-refractivity contribution in [1.82, 2.24) is 54.8 Å². The maximum Gasteiger partial charge on any atom is 0.0894 e. The largest absolute Gasteiger partial charge is 0.264 e. The van der Waals surface area contributed by atoms with Crippen molar-refractivity contribution in [2.75, 3.05) is 0 Å². The summed E-state index contributed by atoms with van der Waals surface area (Å²) in [7, 11) is 0. The highest BCUT2D eigenvalue weighted by Crippen LogP contribution is 2.35. The monoisotopic (exact) mass is 925 g/mol. The fourth-order valence-electron chi connectivity index (χ4n) is 8.48. The fourth-order valence-corrected chi connectivity index (χ4v) is 8.48. The Bertz CT molecular complexity index is 3700. The Morgan fingerprint density at radius 2 is 0.347 bits per heavy atom. The highest BCUT2D eigenvalue weighted by Gasteiger charge is 2.16. The third kappa shape index (κ3) is 9.24. The average Bonchev–Trinajstić information content (AvgIpc) is 3.48. The van der Waals surface area contributed by atoms with E-state index in [1.165, 1.54) is 0 Å². The number of rotatable bonds is 11. The molecule has 11 nitrogen and oxygen atoms in total. The van der Waals surface area contributed by atoms with Crippen molar-refractivity contribution in [3.63, 3.8) is 0 Å². The lowest BCUT2D eigenvalue weighted by atomic mass is 9.98. The van der Waals surface area contributed by atoms with E-state index in [2.05, 4.69) is 33.2 Å². The van der Waals surface area contributed by atoms with Crippen LogP contribution in [-0.2, 0) is 0 Å². The van der Waals surface area contributed by atoms with Crippen LogP contribution in [-0.4, -0.2) is 54.8 Å². The molecule has 0 bridgehead atoms. The van der Waals surface area contributed by atoms with Crippen LogP contribution >= 0.6 is 0 Å². The Labute approximate surface area is 414 Å². The van der Waals surface area contributed by atoms with E-state index in [1.807, 2.05) is 201 Å². The van der Waals surface area contributed by atoms with Gasteiger partial charge in [-0.2, -0.15) is 0 Å². The topological polar surface area (TPSA) is 142 Å². The van der Waals surface area contributed by atoms with Crippen molar-refractivity contribution in [2.24, 2.45) is 0 Å². The zero-order valence-corrected chi connectivity index (χ0v) is 38.4. The van der Waals surface area contributed by atoms with Gasteiger partial charge < -0.3 is 0 Å². The highest BCUT2D eigenvalue weighted by atomic mass is 14.9. The number of aromatic nitrogens is 11. The molecule has 11 aromatic heterocycles. The van der Waals surface area contributed by atoms with Crippen LogP contribution in [0, 0.1) is 0 Å². The van der Waals surface area contributed by atoms with Crippen LogP contribution < -0.4 is 0 Å². The van der Waals surface area contributed by atoms with Gasteiger partial charge in [-0.15, -0.1) is 0 Å². The maximum atomic E-state index is 5.25. The van der Waals surface area contributed by atoms with E-state index < -0.39 is 0 Å². The van der Waals surface area contributed by atoms with Crippen molar-refractivity contribution in [2.45, 2.75) is 0 Å². The Morgan fingerprint density at radius 1 is 0.167 bits per heavy atom. The van der Waals surface area contributed by atoms with Gasteiger partial charge in [-0.3, -0.25) is 15.0 Å². The molecule has 0 N–H and O–H groups in total. The lowest BCUT2D eigenvalue weighted by Gasteiger charge is -2.13. The maximum absolute atomic E-state index is 5.25. The molecule has 0 saturated carbocycles. The second-order valence-corrected chi connectivity index (χ2v) is 16.8. The summed E-state index contributed by atoms with van der Waals surface area (Å²) >= 11 is 0. The molecular weight excluding hydrogens is 887 g/mol. The minimum absolute atomic E-state index is 0.718. The van der Waals surface area contributed by atoms with Gasteiger partial charge in [0.1, 0.15) is 0 Å². The number of benzene rings is 1. The molecule has 0 spiro atoms. The number of nitrogens with zero attached hydrogens (tertiary/aromatic N) is 11. The van der Waals surface area contributed by atoms with E-state index in [0.717, 1.165) is 124 Å². The van der Waals surface area contributed by atoms with Crippen LogP contribution in [0.2, 0.25) is 0 Å². The molecule has 72 heavy (non-hydrogen) atoms. The molecule has 0 fully saturated rings. The van der Waals surface area contributed by atoms with E-state index in [0.29, 0.717) is 0 Å². The van der Waals surface area contributed by atoms with E-state index in [1.54, 1.807) is 18.6 Å². The molecule has 11 heteroatoms. The van der Waals surface area contributed by atoms with Gasteiger partial charge in [0.25, 0.3) is 0 Å². The van der Waals surface area contributed by atoms with E-state index in [9.17, 15) is 0 Å². The molecule has 12 rings (SSSR count). The number of pyridine rings is 11. The summed E-state index contributed by atoms with van der Waals surface area (Å²) in [5.74, 6) is 0. The molecule has 0 saturated heterocycles. The highest BCUT2D eigenvalue weighted by molar-refractivity contribution is 5.80. The molecule has 0 amide bonds. The van der Waals surface area contributed by atoms with Gasteiger partial charge in [0, 0.05) is 70.6 Å². The van der Waals surface area contributed by atoms with Gasteiger partial charge in [0.2, 0.25) is 0 Å². The summed E-state index contributed by atoms with van der Waals surface area (Å²) in [6, 6.07) is 65.8. The molecule has 0 aliphatic heterocycles. The van der Waals surface area contributed by atoms with Gasteiger partial charge in [0.05, 0.1) is 91.1 Å².